The fourth-order valence-corrected chi connectivity index (χ4v) is 1.51. The lowest BCUT2D eigenvalue weighted by atomic mass is 9.81. The number of aryl methyl sites for hydroxylation is 1. The number of nitriles is 1. The normalized spacial score (nSPS) is 12.1. The first-order valence-corrected chi connectivity index (χ1v) is 7.40. The Morgan fingerprint density at radius 3 is 2.21 bits per heavy atom. The molecule has 19 heavy (non-hydrogen) atoms. The van der Waals surface area contributed by atoms with Gasteiger partial charge in [0, 0.05) is 5.92 Å². The smallest absolute Gasteiger partial charge is 0.0652 e. The summed E-state index contributed by atoms with van der Waals surface area (Å²) >= 11 is 0. The maximum atomic E-state index is 8.08. The van der Waals surface area contributed by atoms with E-state index in [4.69, 9.17) is 5.26 Å². The van der Waals surface area contributed by atoms with Gasteiger partial charge in [-0.2, -0.15) is 5.26 Å². The third-order valence-corrected chi connectivity index (χ3v) is 3.83. The molecule has 0 bridgehead atoms. The van der Waals surface area contributed by atoms with Crippen molar-refractivity contribution in [3.63, 3.8) is 0 Å². The quantitative estimate of drug-likeness (QED) is 0.701. The Morgan fingerprint density at radius 2 is 1.84 bits per heavy atom. The molecule has 0 saturated carbocycles. The SMILES string of the molecule is CCC(C)C#N.CCc1cccc(C(C)(C)CC)c1. The van der Waals surface area contributed by atoms with E-state index < -0.39 is 0 Å². The molecule has 0 radical (unpaired) electrons. The van der Waals surface area contributed by atoms with E-state index >= 15 is 0 Å². The standard InChI is InChI=1S/C13H20.C5H9N/c1-5-11-8-7-9-12(10-11)13(3,4)6-2;1-3-5(2)4-6/h7-10H,5-6H2,1-4H3;5H,3H2,1-2H3. The van der Waals surface area contributed by atoms with E-state index in [-0.39, 0.29) is 5.92 Å². The summed E-state index contributed by atoms with van der Waals surface area (Å²) in [6.07, 6.45) is 3.30. The number of nitrogens with zero attached hydrogens (tertiary/aromatic N) is 1. The minimum Gasteiger partial charge on any atom is -0.198 e. The van der Waals surface area contributed by atoms with Gasteiger partial charge in [0.25, 0.3) is 0 Å². The highest BCUT2D eigenvalue weighted by atomic mass is 14.2. The molecule has 0 aliphatic carbocycles. The fraction of sp³-hybridized carbons (Fsp3) is 0.611. The highest BCUT2D eigenvalue weighted by Gasteiger charge is 2.17. The lowest BCUT2D eigenvalue weighted by molar-refractivity contribution is 0.506. The van der Waals surface area contributed by atoms with Crippen LogP contribution in [0, 0.1) is 17.2 Å². The van der Waals surface area contributed by atoms with Crippen LogP contribution in [0.1, 0.15) is 65.5 Å². The molecule has 1 aromatic rings. The van der Waals surface area contributed by atoms with Crippen LogP contribution < -0.4 is 0 Å². The van der Waals surface area contributed by atoms with Crippen molar-refractivity contribution < 1.29 is 0 Å². The minimum atomic E-state index is 0.241. The molecule has 0 amide bonds. The Balaban J connectivity index is 0.000000459. The summed E-state index contributed by atoms with van der Waals surface area (Å²) in [5, 5.41) is 8.08. The largest absolute Gasteiger partial charge is 0.198 e. The third-order valence-electron chi connectivity index (χ3n) is 3.83. The van der Waals surface area contributed by atoms with Gasteiger partial charge in [0.15, 0.2) is 0 Å². The van der Waals surface area contributed by atoms with E-state index in [1.807, 2.05) is 13.8 Å². The maximum absolute atomic E-state index is 8.08. The molecular formula is C18H29N. The van der Waals surface area contributed by atoms with Crippen molar-refractivity contribution in [3.05, 3.63) is 35.4 Å². The minimum absolute atomic E-state index is 0.241. The molecule has 106 valence electrons. The van der Waals surface area contributed by atoms with Crippen molar-refractivity contribution in [2.75, 3.05) is 0 Å². The first-order valence-electron chi connectivity index (χ1n) is 7.40. The van der Waals surface area contributed by atoms with Crippen molar-refractivity contribution in [2.24, 2.45) is 5.92 Å². The summed E-state index contributed by atoms with van der Waals surface area (Å²) in [4.78, 5) is 0. The lowest BCUT2D eigenvalue weighted by Gasteiger charge is -2.23. The second-order valence-corrected chi connectivity index (χ2v) is 5.73. The average Bonchev–Trinajstić information content (AvgIpc) is 2.47. The summed E-state index contributed by atoms with van der Waals surface area (Å²) in [7, 11) is 0. The molecule has 1 rings (SSSR count). The van der Waals surface area contributed by atoms with E-state index in [2.05, 4.69) is 58.0 Å². The zero-order valence-corrected chi connectivity index (χ0v) is 13.5. The van der Waals surface area contributed by atoms with E-state index in [1.165, 1.54) is 17.5 Å². The molecule has 1 nitrogen and oxygen atoms in total. The number of hydrogen-bond donors (Lipinski definition) is 0. The van der Waals surface area contributed by atoms with E-state index in [9.17, 15) is 0 Å². The summed E-state index contributed by atoms with van der Waals surface area (Å²) in [6, 6.07) is 11.1. The Bertz CT molecular complexity index is 398. The predicted octanol–water partition coefficient (Wildman–Crippen LogP) is 5.49. The van der Waals surface area contributed by atoms with Gasteiger partial charge in [-0.1, -0.05) is 58.9 Å². The van der Waals surface area contributed by atoms with Crippen LogP contribution in [0.3, 0.4) is 0 Å². The van der Waals surface area contributed by atoms with Gasteiger partial charge in [-0.05, 0) is 42.7 Å². The van der Waals surface area contributed by atoms with Crippen LogP contribution in [0.2, 0.25) is 0 Å². The van der Waals surface area contributed by atoms with Crippen molar-refractivity contribution in [1.82, 2.24) is 0 Å². The molecule has 0 aromatic heterocycles. The first-order chi connectivity index (χ1) is 8.91. The monoisotopic (exact) mass is 259 g/mol. The molecule has 0 saturated heterocycles. The molecule has 0 spiro atoms. The van der Waals surface area contributed by atoms with Crippen LogP contribution in [0.25, 0.3) is 0 Å². The second-order valence-electron chi connectivity index (χ2n) is 5.73. The molecular weight excluding hydrogens is 230 g/mol. The average molecular weight is 259 g/mol. The Kier molecular flexibility index (Phi) is 8.16. The highest BCUT2D eigenvalue weighted by Crippen LogP contribution is 2.27. The van der Waals surface area contributed by atoms with Crippen molar-refractivity contribution in [3.8, 4) is 6.07 Å². The fourth-order valence-electron chi connectivity index (χ4n) is 1.51. The Hall–Kier alpha value is -1.29. The van der Waals surface area contributed by atoms with Crippen LogP contribution in [0.4, 0.5) is 0 Å². The van der Waals surface area contributed by atoms with E-state index in [0.29, 0.717) is 5.41 Å². The maximum Gasteiger partial charge on any atom is 0.0652 e. The number of benzene rings is 1. The zero-order valence-electron chi connectivity index (χ0n) is 13.5. The van der Waals surface area contributed by atoms with Gasteiger partial charge in [-0.3, -0.25) is 0 Å². The molecule has 1 aromatic carbocycles. The van der Waals surface area contributed by atoms with Crippen molar-refractivity contribution in [2.45, 2.75) is 66.2 Å². The highest BCUT2D eigenvalue weighted by molar-refractivity contribution is 5.28. The van der Waals surface area contributed by atoms with Gasteiger partial charge in [-0.15, -0.1) is 0 Å². The summed E-state index contributed by atoms with van der Waals surface area (Å²) < 4.78 is 0. The second kappa shape index (κ2) is 8.75. The topological polar surface area (TPSA) is 23.8 Å². The molecule has 0 aliphatic heterocycles. The molecule has 0 aliphatic rings. The Labute approximate surface area is 119 Å². The van der Waals surface area contributed by atoms with Crippen LogP contribution in [0.5, 0.6) is 0 Å². The van der Waals surface area contributed by atoms with E-state index in [1.54, 1.807) is 0 Å². The van der Waals surface area contributed by atoms with Gasteiger partial charge in [-0.25, -0.2) is 0 Å². The van der Waals surface area contributed by atoms with Crippen LogP contribution in [-0.4, -0.2) is 0 Å². The molecule has 1 atom stereocenters. The summed E-state index contributed by atoms with van der Waals surface area (Å²) in [5.74, 6) is 0.241. The molecule has 0 N–H and O–H groups in total. The molecule has 1 heteroatoms. The van der Waals surface area contributed by atoms with Gasteiger partial charge in [0.1, 0.15) is 0 Å². The number of rotatable bonds is 4. The van der Waals surface area contributed by atoms with Gasteiger partial charge < -0.3 is 0 Å². The Morgan fingerprint density at radius 1 is 1.21 bits per heavy atom. The molecule has 1 unspecified atom stereocenters. The van der Waals surface area contributed by atoms with Crippen molar-refractivity contribution in [1.29, 1.82) is 5.26 Å². The summed E-state index contributed by atoms with van der Waals surface area (Å²) in [5.41, 5.74) is 3.24. The van der Waals surface area contributed by atoms with Crippen molar-refractivity contribution >= 4 is 0 Å². The zero-order chi connectivity index (χ0) is 14.9. The van der Waals surface area contributed by atoms with Crippen LogP contribution in [-0.2, 0) is 11.8 Å². The van der Waals surface area contributed by atoms with Gasteiger partial charge in [0.05, 0.1) is 6.07 Å². The van der Waals surface area contributed by atoms with E-state index in [0.717, 1.165) is 12.8 Å². The van der Waals surface area contributed by atoms with Crippen LogP contribution in [0.15, 0.2) is 24.3 Å². The lowest BCUT2D eigenvalue weighted by Crippen LogP contribution is -2.15. The molecule has 0 heterocycles. The first kappa shape index (κ1) is 17.7. The third kappa shape index (κ3) is 6.43. The number of hydrogen-bond acceptors (Lipinski definition) is 1. The van der Waals surface area contributed by atoms with Crippen LogP contribution >= 0.6 is 0 Å². The molecule has 0 fully saturated rings. The van der Waals surface area contributed by atoms with Gasteiger partial charge >= 0.3 is 0 Å². The summed E-state index contributed by atoms with van der Waals surface area (Å²) in [6.45, 7) is 13.0. The van der Waals surface area contributed by atoms with Gasteiger partial charge in [0.2, 0.25) is 0 Å². The predicted molar refractivity (Wildman–Crippen MR) is 84.2 cm³/mol.